The van der Waals surface area contributed by atoms with Crippen LogP contribution >= 0.6 is 0 Å². The minimum absolute atomic E-state index is 0.0446. The van der Waals surface area contributed by atoms with Gasteiger partial charge >= 0.3 is 18.5 Å². The van der Waals surface area contributed by atoms with Crippen LogP contribution in [-0.2, 0) is 28.6 Å². The fraction of sp³-hybridized carbons (Fsp3) is 0.200. The molecule has 0 saturated heterocycles. The largest absolute Gasteiger partial charge is 0.417 e. The van der Waals surface area contributed by atoms with Gasteiger partial charge in [0.1, 0.15) is 0 Å². The standard InChI is InChI=1S/C15H8F9NO2S/c16-13(17,18)8-5-9(14(19,20)21)7-10(6-8)25-28(26,27)12-4-2-1-3-11(12)15(22,23)24/h1-7,25H. The van der Waals surface area contributed by atoms with Crippen LogP contribution in [0, 0.1) is 0 Å². The Balaban J connectivity index is 2.59. The Morgan fingerprint density at radius 2 is 1.14 bits per heavy atom. The van der Waals surface area contributed by atoms with Gasteiger partial charge in [-0.3, -0.25) is 4.72 Å². The molecule has 0 bridgehead atoms. The van der Waals surface area contributed by atoms with Gasteiger partial charge < -0.3 is 0 Å². The highest BCUT2D eigenvalue weighted by atomic mass is 32.2. The fourth-order valence-corrected chi connectivity index (χ4v) is 3.43. The number of benzene rings is 2. The number of rotatable bonds is 3. The van der Waals surface area contributed by atoms with Crippen LogP contribution in [0.2, 0.25) is 0 Å². The molecule has 0 atom stereocenters. The first kappa shape index (κ1) is 21.9. The maximum absolute atomic E-state index is 13.0. The molecule has 2 aromatic carbocycles. The van der Waals surface area contributed by atoms with Crippen molar-refractivity contribution in [3.05, 3.63) is 59.2 Å². The average Bonchev–Trinajstić information content (AvgIpc) is 2.51. The number of sulfonamides is 1. The van der Waals surface area contributed by atoms with Crippen LogP contribution in [0.4, 0.5) is 45.2 Å². The molecule has 28 heavy (non-hydrogen) atoms. The van der Waals surface area contributed by atoms with Crippen LogP contribution in [0.15, 0.2) is 47.4 Å². The van der Waals surface area contributed by atoms with Gasteiger partial charge in [-0.2, -0.15) is 39.5 Å². The highest BCUT2D eigenvalue weighted by Crippen LogP contribution is 2.39. The summed E-state index contributed by atoms with van der Waals surface area (Å²) >= 11 is 0. The molecule has 0 aliphatic heterocycles. The lowest BCUT2D eigenvalue weighted by Crippen LogP contribution is -2.20. The second kappa shape index (κ2) is 6.87. The van der Waals surface area contributed by atoms with Crippen molar-refractivity contribution in [2.45, 2.75) is 23.4 Å². The normalized spacial score (nSPS) is 13.5. The molecule has 0 saturated carbocycles. The van der Waals surface area contributed by atoms with Gasteiger partial charge in [0.05, 0.1) is 27.3 Å². The summed E-state index contributed by atoms with van der Waals surface area (Å²) in [7, 11) is -5.16. The molecule has 0 heterocycles. The number of halogens is 9. The van der Waals surface area contributed by atoms with E-state index in [1.165, 1.54) is 4.72 Å². The van der Waals surface area contributed by atoms with Crippen LogP contribution in [0.25, 0.3) is 0 Å². The van der Waals surface area contributed by atoms with Gasteiger partial charge in [-0.25, -0.2) is 8.42 Å². The number of alkyl halides is 9. The zero-order valence-corrected chi connectivity index (χ0v) is 14.0. The molecule has 0 aromatic heterocycles. The lowest BCUT2D eigenvalue weighted by molar-refractivity contribution is -0.143. The predicted octanol–water partition coefficient (Wildman–Crippen LogP) is 5.54. The third kappa shape index (κ3) is 4.88. The van der Waals surface area contributed by atoms with E-state index < -0.39 is 55.8 Å². The summed E-state index contributed by atoms with van der Waals surface area (Å²) in [5.41, 5.74) is -6.49. The van der Waals surface area contributed by atoms with Crippen LogP contribution < -0.4 is 4.72 Å². The van der Waals surface area contributed by atoms with Crippen molar-refractivity contribution in [3.8, 4) is 0 Å². The Kier molecular flexibility index (Phi) is 5.36. The van der Waals surface area contributed by atoms with Crippen LogP contribution in [0.5, 0.6) is 0 Å². The van der Waals surface area contributed by atoms with E-state index in [0.29, 0.717) is 12.1 Å². The van der Waals surface area contributed by atoms with E-state index in [9.17, 15) is 47.9 Å². The Bertz CT molecular complexity index is 944. The molecule has 0 radical (unpaired) electrons. The quantitative estimate of drug-likeness (QED) is 0.641. The number of nitrogens with one attached hydrogen (secondary N) is 1. The maximum Gasteiger partial charge on any atom is 0.417 e. The molecule has 0 aliphatic rings. The second-order valence-corrected chi connectivity index (χ2v) is 7.04. The van der Waals surface area contributed by atoms with Crippen molar-refractivity contribution in [3.63, 3.8) is 0 Å². The Morgan fingerprint density at radius 1 is 0.679 bits per heavy atom. The lowest BCUT2D eigenvalue weighted by Gasteiger charge is -2.17. The Labute approximate surface area is 151 Å². The van der Waals surface area contributed by atoms with Gasteiger partial charge in [0, 0.05) is 0 Å². The minimum atomic E-state index is -5.26. The van der Waals surface area contributed by atoms with Crippen LogP contribution in [0.1, 0.15) is 16.7 Å². The molecular weight excluding hydrogens is 429 g/mol. The molecule has 154 valence electrons. The highest BCUT2D eigenvalue weighted by molar-refractivity contribution is 7.92. The molecule has 0 spiro atoms. The van der Waals surface area contributed by atoms with E-state index in [-0.39, 0.29) is 18.2 Å². The van der Waals surface area contributed by atoms with Crippen molar-refractivity contribution in [2.75, 3.05) is 4.72 Å². The molecule has 0 amide bonds. The smallest absolute Gasteiger partial charge is 0.280 e. The van der Waals surface area contributed by atoms with Crippen molar-refractivity contribution in [1.29, 1.82) is 0 Å². The molecule has 0 unspecified atom stereocenters. The van der Waals surface area contributed by atoms with Crippen molar-refractivity contribution >= 4 is 15.7 Å². The third-order valence-corrected chi connectivity index (χ3v) is 4.76. The van der Waals surface area contributed by atoms with Crippen LogP contribution in [-0.4, -0.2) is 8.42 Å². The topological polar surface area (TPSA) is 46.2 Å². The monoisotopic (exact) mass is 437 g/mol. The third-order valence-electron chi connectivity index (χ3n) is 3.32. The SMILES string of the molecule is O=S(=O)(Nc1cc(C(F)(F)F)cc(C(F)(F)F)c1)c1ccccc1C(F)(F)F. The molecule has 1 N–H and O–H groups in total. The van der Waals surface area contributed by atoms with Gasteiger partial charge in [0.25, 0.3) is 10.0 Å². The van der Waals surface area contributed by atoms with E-state index in [1.807, 2.05) is 0 Å². The average molecular weight is 437 g/mol. The Morgan fingerprint density at radius 3 is 1.57 bits per heavy atom. The molecule has 2 rings (SSSR count). The van der Waals surface area contributed by atoms with Gasteiger partial charge in [0.15, 0.2) is 0 Å². The molecule has 2 aromatic rings. The summed E-state index contributed by atoms with van der Waals surface area (Å²) in [6.07, 6.45) is -15.6. The summed E-state index contributed by atoms with van der Waals surface area (Å²) in [6.45, 7) is 0. The maximum atomic E-state index is 13.0. The molecule has 13 heteroatoms. The highest BCUT2D eigenvalue weighted by Gasteiger charge is 2.39. The summed E-state index contributed by atoms with van der Waals surface area (Å²) in [5, 5.41) is 0. The first-order valence-electron chi connectivity index (χ1n) is 7.00. The first-order chi connectivity index (χ1) is 12.5. The van der Waals surface area contributed by atoms with Gasteiger partial charge in [-0.1, -0.05) is 12.1 Å². The summed E-state index contributed by atoms with van der Waals surface area (Å²) in [6, 6.07) is 2.55. The summed E-state index contributed by atoms with van der Waals surface area (Å²) in [4.78, 5) is -1.35. The molecular formula is C15H8F9NO2S. The number of anilines is 1. The van der Waals surface area contributed by atoms with E-state index >= 15 is 0 Å². The zero-order valence-electron chi connectivity index (χ0n) is 13.2. The fourth-order valence-electron chi connectivity index (χ4n) is 2.16. The molecule has 0 fully saturated rings. The molecule has 3 nitrogen and oxygen atoms in total. The second-order valence-electron chi connectivity index (χ2n) is 5.39. The predicted molar refractivity (Wildman–Crippen MR) is 78.7 cm³/mol. The molecule has 0 aliphatic carbocycles. The lowest BCUT2D eigenvalue weighted by atomic mass is 10.1. The van der Waals surface area contributed by atoms with Gasteiger partial charge in [-0.15, -0.1) is 0 Å². The van der Waals surface area contributed by atoms with E-state index in [2.05, 4.69) is 0 Å². The number of hydrogen-bond donors (Lipinski definition) is 1. The zero-order chi connectivity index (χ0) is 21.5. The Hall–Kier alpha value is -2.44. The van der Waals surface area contributed by atoms with Gasteiger partial charge in [0.2, 0.25) is 0 Å². The first-order valence-corrected chi connectivity index (χ1v) is 8.48. The van der Waals surface area contributed by atoms with Gasteiger partial charge in [-0.05, 0) is 30.3 Å². The van der Waals surface area contributed by atoms with E-state index in [4.69, 9.17) is 0 Å². The summed E-state index contributed by atoms with van der Waals surface area (Å²) < 4.78 is 142. The van der Waals surface area contributed by atoms with E-state index in [1.54, 1.807) is 0 Å². The van der Waals surface area contributed by atoms with Crippen molar-refractivity contribution in [2.24, 2.45) is 0 Å². The van der Waals surface area contributed by atoms with Crippen molar-refractivity contribution < 1.29 is 47.9 Å². The minimum Gasteiger partial charge on any atom is -0.280 e. The van der Waals surface area contributed by atoms with E-state index in [0.717, 1.165) is 12.1 Å². The van der Waals surface area contributed by atoms with Crippen LogP contribution in [0.3, 0.4) is 0 Å². The number of hydrogen-bond acceptors (Lipinski definition) is 2. The summed E-state index contributed by atoms with van der Waals surface area (Å²) in [5.74, 6) is 0. The van der Waals surface area contributed by atoms with Crippen molar-refractivity contribution in [1.82, 2.24) is 0 Å².